The van der Waals surface area contributed by atoms with E-state index in [2.05, 4.69) is 25.4 Å². The summed E-state index contributed by atoms with van der Waals surface area (Å²) in [4.78, 5) is 20.7. The Kier molecular flexibility index (Phi) is 6.30. The Morgan fingerprint density at radius 1 is 1.10 bits per heavy atom. The molecule has 0 atom stereocenters. The van der Waals surface area contributed by atoms with Crippen LogP contribution in [0.2, 0.25) is 0 Å². The van der Waals surface area contributed by atoms with Crippen LogP contribution in [-0.2, 0) is 17.8 Å². The van der Waals surface area contributed by atoms with E-state index < -0.39 is 0 Å². The molecule has 1 fully saturated rings. The van der Waals surface area contributed by atoms with E-state index in [0.717, 1.165) is 30.0 Å². The van der Waals surface area contributed by atoms with Crippen molar-refractivity contribution in [2.24, 2.45) is 0 Å². The van der Waals surface area contributed by atoms with Gasteiger partial charge in [-0.25, -0.2) is 4.98 Å². The molecule has 1 N–H and O–H groups in total. The van der Waals surface area contributed by atoms with Crippen LogP contribution in [0, 0.1) is 0 Å². The topological polar surface area (TPSA) is 94.4 Å². The number of benzene rings is 1. The van der Waals surface area contributed by atoms with Crippen LogP contribution in [0.4, 0.5) is 11.6 Å². The molecule has 0 spiro atoms. The van der Waals surface area contributed by atoms with Gasteiger partial charge in [-0.3, -0.25) is 4.79 Å². The SMILES string of the molecule is COc1ccc(Cn2ncc(NC(=O)Cc3ccc(N4CCCC4)nc3)n2)c(OC)c1. The summed E-state index contributed by atoms with van der Waals surface area (Å²) in [5, 5.41) is 11.4. The molecule has 0 radical (unpaired) electrons. The zero-order chi connectivity index (χ0) is 21.6. The summed E-state index contributed by atoms with van der Waals surface area (Å²) in [5.41, 5.74) is 1.76. The van der Waals surface area contributed by atoms with E-state index in [1.165, 1.54) is 23.8 Å². The van der Waals surface area contributed by atoms with Gasteiger partial charge in [0, 0.05) is 30.9 Å². The van der Waals surface area contributed by atoms with E-state index in [-0.39, 0.29) is 12.3 Å². The fraction of sp³-hybridized carbons (Fsp3) is 0.364. The van der Waals surface area contributed by atoms with Gasteiger partial charge in [0.15, 0.2) is 5.82 Å². The van der Waals surface area contributed by atoms with E-state index in [1.807, 2.05) is 30.3 Å². The van der Waals surface area contributed by atoms with Gasteiger partial charge in [0.2, 0.25) is 5.91 Å². The highest BCUT2D eigenvalue weighted by molar-refractivity contribution is 5.91. The van der Waals surface area contributed by atoms with Gasteiger partial charge in [0.05, 0.1) is 33.4 Å². The van der Waals surface area contributed by atoms with E-state index in [0.29, 0.717) is 23.9 Å². The van der Waals surface area contributed by atoms with Crippen LogP contribution in [0.5, 0.6) is 11.5 Å². The molecule has 1 amide bonds. The number of hydrogen-bond donors (Lipinski definition) is 1. The lowest BCUT2D eigenvalue weighted by Gasteiger charge is -2.16. The molecule has 9 heteroatoms. The van der Waals surface area contributed by atoms with Crippen LogP contribution >= 0.6 is 0 Å². The van der Waals surface area contributed by atoms with Crippen molar-refractivity contribution in [2.75, 3.05) is 37.5 Å². The lowest BCUT2D eigenvalue weighted by atomic mass is 10.2. The summed E-state index contributed by atoms with van der Waals surface area (Å²) < 4.78 is 10.6. The highest BCUT2D eigenvalue weighted by atomic mass is 16.5. The first-order valence-electron chi connectivity index (χ1n) is 10.3. The second-order valence-electron chi connectivity index (χ2n) is 7.38. The summed E-state index contributed by atoms with van der Waals surface area (Å²) in [6, 6.07) is 9.50. The van der Waals surface area contributed by atoms with E-state index in [1.54, 1.807) is 20.4 Å². The van der Waals surface area contributed by atoms with Gasteiger partial charge in [-0.15, -0.1) is 5.10 Å². The summed E-state index contributed by atoms with van der Waals surface area (Å²) >= 11 is 0. The zero-order valence-corrected chi connectivity index (χ0v) is 17.7. The molecule has 4 rings (SSSR count). The number of ether oxygens (including phenoxy) is 2. The maximum atomic E-state index is 12.4. The van der Waals surface area contributed by atoms with Crippen LogP contribution in [-0.4, -0.2) is 53.2 Å². The number of amides is 1. The number of carbonyl (C=O) groups is 1. The summed E-state index contributed by atoms with van der Waals surface area (Å²) in [6.45, 7) is 2.50. The van der Waals surface area contributed by atoms with Crippen molar-refractivity contribution in [2.45, 2.75) is 25.8 Å². The average Bonchev–Trinajstić information content (AvgIpc) is 3.47. The largest absolute Gasteiger partial charge is 0.497 e. The van der Waals surface area contributed by atoms with Gasteiger partial charge in [-0.05, 0) is 36.6 Å². The third kappa shape index (κ3) is 5.11. The Balaban J connectivity index is 1.34. The quantitative estimate of drug-likeness (QED) is 0.596. The maximum Gasteiger partial charge on any atom is 0.230 e. The van der Waals surface area contributed by atoms with Gasteiger partial charge >= 0.3 is 0 Å². The van der Waals surface area contributed by atoms with E-state index >= 15 is 0 Å². The standard InChI is InChI=1S/C22H26N6O3/c1-30-18-7-6-17(19(12-18)31-2)15-28-24-14-20(26-28)25-22(29)11-16-5-8-21(23-13-16)27-9-3-4-10-27/h5-8,12-14H,3-4,9-11,15H2,1-2H3,(H,25,26,29). The molecule has 1 aliphatic rings. The monoisotopic (exact) mass is 422 g/mol. The lowest BCUT2D eigenvalue weighted by Crippen LogP contribution is -2.19. The number of aromatic nitrogens is 4. The maximum absolute atomic E-state index is 12.4. The third-order valence-electron chi connectivity index (χ3n) is 5.21. The molecule has 3 aromatic rings. The molecular formula is C22H26N6O3. The van der Waals surface area contributed by atoms with Gasteiger partial charge in [0.1, 0.15) is 17.3 Å². The number of anilines is 2. The molecule has 0 aliphatic carbocycles. The van der Waals surface area contributed by atoms with Crippen LogP contribution in [0.15, 0.2) is 42.7 Å². The molecule has 1 aliphatic heterocycles. The molecule has 3 heterocycles. The molecule has 0 bridgehead atoms. The Labute approximate surface area is 181 Å². The Morgan fingerprint density at radius 2 is 1.94 bits per heavy atom. The fourth-order valence-corrected chi connectivity index (χ4v) is 3.59. The molecule has 9 nitrogen and oxygen atoms in total. The predicted molar refractivity (Wildman–Crippen MR) is 117 cm³/mol. The van der Waals surface area contributed by atoms with Crippen molar-refractivity contribution in [1.82, 2.24) is 20.0 Å². The molecule has 0 saturated carbocycles. The lowest BCUT2D eigenvalue weighted by molar-refractivity contribution is -0.115. The smallest absolute Gasteiger partial charge is 0.230 e. The van der Waals surface area contributed by atoms with Crippen LogP contribution in [0.3, 0.4) is 0 Å². The molecule has 162 valence electrons. The van der Waals surface area contributed by atoms with Gasteiger partial charge in [-0.2, -0.15) is 9.90 Å². The Morgan fingerprint density at radius 3 is 2.65 bits per heavy atom. The van der Waals surface area contributed by atoms with Crippen molar-refractivity contribution in [3.8, 4) is 11.5 Å². The average molecular weight is 422 g/mol. The first kappa shape index (κ1) is 20.6. The fourth-order valence-electron chi connectivity index (χ4n) is 3.59. The van der Waals surface area contributed by atoms with Crippen molar-refractivity contribution >= 4 is 17.5 Å². The first-order valence-corrected chi connectivity index (χ1v) is 10.3. The minimum Gasteiger partial charge on any atom is -0.497 e. The van der Waals surface area contributed by atoms with Crippen molar-refractivity contribution in [3.63, 3.8) is 0 Å². The second kappa shape index (κ2) is 9.46. The number of methoxy groups -OCH3 is 2. The predicted octanol–water partition coefficient (Wildman–Crippen LogP) is 2.52. The van der Waals surface area contributed by atoms with Crippen LogP contribution < -0.4 is 19.7 Å². The van der Waals surface area contributed by atoms with Gasteiger partial charge in [-0.1, -0.05) is 6.07 Å². The Hall–Kier alpha value is -3.62. The third-order valence-corrected chi connectivity index (χ3v) is 5.21. The second-order valence-corrected chi connectivity index (χ2v) is 7.38. The first-order chi connectivity index (χ1) is 15.1. The van der Waals surface area contributed by atoms with Crippen LogP contribution in [0.1, 0.15) is 24.0 Å². The summed E-state index contributed by atoms with van der Waals surface area (Å²) in [5.74, 6) is 2.61. The molecule has 2 aromatic heterocycles. The van der Waals surface area contributed by atoms with Gasteiger partial charge in [0.25, 0.3) is 0 Å². The van der Waals surface area contributed by atoms with Crippen molar-refractivity contribution < 1.29 is 14.3 Å². The molecule has 1 saturated heterocycles. The molecule has 0 unspecified atom stereocenters. The number of pyridine rings is 1. The van der Waals surface area contributed by atoms with Crippen LogP contribution in [0.25, 0.3) is 0 Å². The minimum absolute atomic E-state index is 0.162. The Bertz CT molecular complexity index is 1030. The number of nitrogens with one attached hydrogen (secondary N) is 1. The van der Waals surface area contributed by atoms with E-state index in [4.69, 9.17) is 9.47 Å². The van der Waals surface area contributed by atoms with Crippen molar-refractivity contribution in [1.29, 1.82) is 0 Å². The number of rotatable bonds is 8. The number of hydrogen-bond acceptors (Lipinski definition) is 7. The van der Waals surface area contributed by atoms with Crippen molar-refractivity contribution in [3.05, 3.63) is 53.9 Å². The molecule has 1 aromatic carbocycles. The highest BCUT2D eigenvalue weighted by Gasteiger charge is 2.14. The van der Waals surface area contributed by atoms with E-state index in [9.17, 15) is 4.79 Å². The van der Waals surface area contributed by atoms with Gasteiger partial charge < -0.3 is 19.7 Å². The minimum atomic E-state index is -0.162. The number of nitrogens with zero attached hydrogens (tertiary/aromatic N) is 5. The number of carbonyl (C=O) groups excluding carboxylic acids is 1. The summed E-state index contributed by atoms with van der Waals surface area (Å²) in [7, 11) is 3.21. The summed E-state index contributed by atoms with van der Waals surface area (Å²) in [6.07, 6.45) is 5.94. The molecular weight excluding hydrogens is 396 g/mol. The molecule has 31 heavy (non-hydrogen) atoms. The highest BCUT2D eigenvalue weighted by Crippen LogP contribution is 2.25. The zero-order valence-electron chi connectivity index (χ0n) is 17.7. The normalized spacial score (nSPS) is 13.3.